The van der Waals surface area contributed by atoms with Gasteiger partial charge in [-0.15, -0.1) is 11.8 Å². The van der Waals surface area contributed by atoms with Gasteiger partial charge < -0.3 is 5.32 Å². The van der Waals surface area contributed by atoms with E-state index in [0.717, 1.165) is 23.0 Å². The van der Waals surface area contributed by atoms with Gasteiger partial charge in [0.05, 0.1) is 24.1 Å². The van der Waals surface area contributed by atoms with Crippen molar-refractivity contribution >= 4 is 23.4 Å². The summed E-state index contributed by atoms with van der Waals surface area (Å²) >= 11 is 1.46. The van der Waals surface area contributed by atoms with E-state index >= 15 is 0 Å². The van der Waals surface area contributed by atoms with Gasteiger partial charge in [0.25, 0.3) is 0 Å². The number of carbonyl (C=O) groups excluding carboxylic acids is 1. The Labute approximate surface area is 142 Å². The van der Waals surface area contributed by atoms with Gasteiger partial charge in [0.1, 0.15) is 0 Å². The maximum atomic E-state index is 12.4. The molecule has 1 saturated carbocycles. The maximum absolute atomic E-state index is 12.4. The number of carbonyl (C=O) groups is 1. The number of likely N-dealkylation sites (tertiary alicyclic amines) is 1. The molecule has 1 saturated heterocycles. The number of hydrogen-bond acceptors (Lipinski definition) is 4. The second kappa shape index (κ2) is 7.85. The first-order chi connectivity index (χ1) is 11.3. The number of thioether (sulfide) groups is 1. The van der Waals surface area contributed by atoms with E-state index in [1.165, 1.54) is 43.9 Å². The largest absolute Gasteiger partial charge is 0.324 e. The van der Waals surface area contributed by atoms with Crippen molar-refractivity contribution in [3.8, 4) is 6.07 Å². The number of nitrogens with zero attached hydrogens (tertiary/aromatic N) is 2. The lowest BCUT2D eigenvalue weighted by molar-refractivity contribution is -0.117. The zero-order valence-corrected chi connectivity index (χ0v) is 14.1. The first-order valence-corrected chi connectivity index (χ1v) is 9.39. The van der Waals surface area contributed by atoms with Gasteiger partial charge >= 0.3 is 0 Å². The van der Waals surface area contributed by atoms with Gasteiger partial charge in [0.2, 0.25) is 5.91 Å². The van der Waals surface area contributed by atoms with E-state index in [1.807, 2.05) is 24.3 Å². The lowest BCUT2D eigenvalue weighted by Crippen LogP contribution is -2.39. The van der Waals surface area contributed by atoms with Crippen molar-refractivity contribution in [2.24, 2.45) is 5.92 Å². The highest BCUT2D eigenvalue weighted by Gasteiger charge is 2.36. The van der Waals surface area contributed by atoms with Crippen molar-refractivity contribution in [3.63, 3.8) is 0 Å². The minimum atomic E-state index is 0.0567. The van der Waals surface area contributed by atoms with E-state index in [1.54, 1.807) is 0 Å². The fraction of sp³-hybridized carbons (Fsp3) is 0.556. The molecular weight excluding hydrogens is 306 g/mol. The SMILES string of the molecule is N#CCSc1ccccc1NC(=O)CN1CC[C@@H]2CCCC[C@H]21. The van der Waals surface area contributed by atoms with E-state index in [4.69, 9.17) is 5.26 Å². The Morgan fingerprint density at radius 2 is 2.13 bits per heavy atom. The Balaban J connectivity index is 1.58. The number of nitriles is 1. The van der Waals surface area contributed by atoms with Crippen molar-refractivity contribution in [3.05, 3.63) is 24.3 Å². The van der Waals surface area contributed by atoms with Gasteiger partial charge in [-0.3, -0.25) is 9.69 Å². The number of nitrogens with one attached hydrogen (secondary N) is 1. The third kappa shape index (κ3) is 4.07. The molecule has 1 aliphatic carbocycles. The zero-order valence-electron chi connectivity index (χ0n) is 13.3. The molecule has 2 atom stereocenters. The smallest absolute Gasteiger partial charge is 0.238 e. The average molecular weight is 329 g/mol. The molecule has 5 heteroatoms. The highest BCUT2D eigenvalue weighted by atomic mass is 32.2. The summed E-state index contributed by atoms with van der Waals surface area (Å²) in [6.45, 7) is 1.53. The summed E-state index contributed by atoms with van der Waals surface area (Å²) < 4.78 is 0. The number of amides is 1. The first kappa shape index (κ1) is 16.4. The summed E-state index contributed by atoms with van der Waals surface area (Å²) in [5.74, 6) is 1.25. The minimum absolute atomic E-state index is 0.0567. The van der Waals surface area contributed by atoms with Crippen molar-refractivity contribution in [1.29, 1.82) is 5.26 Å². The van der Waals surface area contributed by atoms with Crippen molar-refractivity contribution in [2.45, 2.75) is 43.0 Å². The van der Waals surface area contributed by atoms with E-state index in [-0.39, 0.29) is 5.91 Å². The van der Waals surface area contributed by atoms with Crippen molar-refractivity contribution < 1.29 is 4.79 Å². The molecule has 122 valence electrons. The van der Waals surface area contributed by atoms with Crippen LogP contribution in [0.1, 0.15) is 32.1 Å². The Morgan fingerprint density at radius 3 is 3.00 bits per heavy atom. The van der Waals surface area contributed by atoms with Crippen LogP contribution in [0, 0.1) is 17.2 Å². The Kier molecular flexibility index (Phi) is 5.58. The molecule has 1 amide bonds. The van der Waals surface area contributed by atoms with Crippen LogP contribution in [-0.4, -0.2) is 35.7 Å². The molecule has 0 spiro atoms. The predicted molar refractivity (Wildman–Crippen MR) is 93.3 cm³/mol. The van der Waals surface area contributed by atoms with E-state index in [0.29, 0.717) is 18.3 Å². The summed E-state index contributed by atoms with van der Waals surface area (Å²) in [5.41, 5.74) is 0.817. The third-order valence-corrected chi connectivity index (χ3v) is 5.87. The summed E-state index contributed by atoms with van der Waals surface area (Å²) in [5, 5.41) is 11.8. The normalized spacial score (nSPS) is 24.0. The van der Waals surface area contributed by atoms with Crippen molar-refractivity contribution in [1.82, 2.24) is 4.90 Å². The molecule has 0 aromatic heterocycles. The van der Waals surface area contributed by atoms with Crippen LogP contribution < -0.4 is 5.32 Å². The fourth-order valence-corrected chi connectivity index (χ4v) is 4.55. The standard InChI is InChI=1S/C18H23N3OS/c19-10-12-23-17-8-4-2-6-15(17)20-18(22)13-21-11-9-14-5-1-3-7-16(14)21/h2,4,6,8,14,16H,1,3,5,7,9,11-13H2,(H,20,22)/t14-,16+/m0/s1. The monoisotopic (exact) mass is 329 g/mol. The van der Waals surface area contributed by atoms with Crippen LogP contribution in [0.2, 0.25) is 0 Å². The lowest BCUT2D eigenvalue weighted by Gasteiger charge is -2.31. The summed E-state index contributed by atoms with van der Waals surface area (Å²) in [6, 6.07) is 10.4. The van der Waals surface area contributed by atoms with Gasteiger partial charge in [0, 0.05) is 10.9 Å². The van der Waals surface area contributed by atoms with Gasteiger partial charge in [-0.1, -0.05) is 25.0 Å². The first-order valence-electron chi connectivity index (χ1n) is 8.40. The molecule has 23 heavy (non-hydrogen) atoms. The third-order valence-electron chi connectivity index (χ3n) is 4.93. The molecule has 1 N–H and O–H groups in total. The summed E-state index contributed by atoms with van der Waals surface area (Å²) in [4.78, 5) is 15.8. The van der Waals surface area contributed by atoms with Gasteiger partial charge in [-0.25, -0.2) is 0 Å². The molecule has 4 nitrogen and oxygen atoms in total. The quantitative estimate of drug-likeness (QED) is 0.840. The molecule has 3 rings (SSSR count). The van der Waals surface area contributed by atoms with Gasteiger partial charge in [-0.2, -0.15) is 5.26 Å². The lowest BCUT2D eigenvalue weighted by atomic mass is 9.85. The number of fused-ring (bicyclic) bond motifs is 1. The number of hydrogen-bond donors (Lipinski definition) is 1. The molecule has 0 unspecified atom stereocenters. The van der Waals surface area contributed by atoms with Crippen LogP contribution in [0.5, 0.6) is 0 Å². The van der Waals surface area contributed by atoms with E-state index in [2.05, 4.69) is 16.3 Å². The molecule has 0 radical (unpaired) electrons. The van der Waals surface area contributed by atoms with Crippen LogP contribution in [0.25, 0.3) is 0 Å². The Hall–Kier alpha value is -1.51. The molecule has 1 heterocycles. The highest BCUT2D eigenvalue weighted by molar-refractivity contribution is 7.99. The van der Waals surface area contributed by atoms with E-state index < -0.39 is 0 Å². The Bertz CT molecular complexity index is 598. The topological polar surface area (TPSA) is 56.1 Å². The van der Waals surface area contributed by atoms with Gasteiger partial charge in [0.15, 0.2) is 0 Å². The fourth-order valence-electron chi connectivity index (χ4n) is 3.88. The second-order valence-electron chi connectivity index (χ2n) is 6.36. The molecular formula is C18H23N3OS. The summed E-state index contributed by atoms with van der Waals surface area (Å²) in [6.07, 6.45) is 6.47. The number of para-hydroxylation sites is 1. The predicted octanol–water partition coefficient (Wildman–Crippen LogP) is 3.51. The Morgan fingerprint density at radius 1 is 1.30 bits per heavy atom. The molecule has 0 bridgehead atoms. The van der Waals surface area contributed by atoms with E-state index in [9.17, 15) is 4.79 Å². The second-order valence-corrected chi connectivity index (χ2v) is 7.38. The highest BCUT2D eigenvalue weighted by Crippen LogP contribution is 2.36. The maximum Gasteiger partial charge on any atom is 0.238 e. The molecule has 1 aliphatic heterocycles. The molecule has 2 aliphatic rings. The number of rotatable bonds is 5. The zero-order chi connectivity index (χ0) is 16.1. The van der Waals surface area contributed by atoms with Crippen LogP contribution in [0.15, 0.2) is 29.2 Å². The molecule has 1 aromatic rings. The summed E-state index contributed by atoms with van der Waals surface area (Å²) in [7, 11) is 0. The van der Waals surface area contributed by atoms with Crippen LogP contribution in [-0.2, 0) is 4.79 Å². The molecule has 2 fully saturated rings. The van der Waals surface area contributed by atoms with Crippen molar-refractivity contribution in [2.75, 3.05) is 24.2 Å². The van der Waals surface area contributed by atoms with Gasteiger partial charge in [-0.05, 0) is 43.9 Å². The van der Waals surface area contributed by atoms with Crippen LogP contribution >= 0.6 is 11.8 Å². The molecule has 1 aromatic carbocycles. The minimum Gasteiger partial charge on any atom is -0.324 e. The number of benzene rings is 1. The average Bonchev–Trinajstić information content (AvgIpc) is 2.97. The van der Waals surface area contributed by atoms with Crippen LogP contribution in [0.3, 0.4) is 0 Å². The van der Waals surface area contributed by atoms with Crippen LogP contribution in [0.4, 0.5) is 5.69 Å². The number of anilines is 1.